The summed E-state index contributed by atoms with van der Waals surface area (Å²) in [5.74, 6) is -0.582. The van der Waals surface area contributed by atoms with Crippen molar-refractivity contribution in [2.24, 2.45) is 0 Å². The van der Waals surface area contributed by atoms with Crippen LogP contribution in [0.2, 0.25) is 5.02 Å². The van der Waals surface area contributed by atoms with Gasteiger partial charge in [0.1, 0.15) is 0 Å². The van der Waals surface area contributed by atoms with Crippen LogP contribution in [0.4, 0.5) is 0 Å². The Labute approximate surface area is 195 Å². The van der Waals surface area contributed by atoms with Gasteiger partial charge in [-0.15, -0.1) is 0 Å². The molecule has 0 fully saturated rings. The lowest BCUT2D eigenvalue weighted by atomic mass is 10.2. The molecule has 0 spiro atoms. The van der Waals surface area contributed by atoms with Crippen LogP contribution < -0.4 is 11.2 Å². The number of benzene rings is 3. The molecule has 0 aliphatic rings. The first-order chi connectivity index (χ1) is 16.0. The van der Waals surface area contributed by atoms with Crippen LogP contribution in [0, 0.1) is 0 Å². The zero-order valence-electron chi connectivity index (χ0n) is 17.9. The number of nitrogens with zero attached hydrogens (tertiary/aromatic N) is 4. The van der Waals surface area contributed by atoms with Gasteiger partial charge >= 0.3 is 5.69 Å². The molecule has 4 rings (SSSR count). The molecule has 0 unspecified atom stereocenters. The maximum Gasteiger partial charge on any atom is 0.352 e. The Kier molecular flexibility index (Phi) is 6.51. The fraction of sp³-hybridized carbons (Fsp3) is 0.120. The Hall–Kier alpha value is -3.97. The van der Waals surface area contributed by atoms with Gasteiger partial charge in [-0.3, -0.25) is 14.2 Å². The summed E-state index contributed by atoms with van der Waals surface area (Å²) in [6.45, 7) is 0.200. The fourth-order valence-electron chi connectivity index (χ4n) is 3.43. The molecule has 0 radical (unpaired) electrons. The van der Waals surface area contributed by atoms with Crippen LogP contribution >= 0.6 is 11.6 Å². The van der Waals surface area contributed by atoms with Crippen molar-refractivity contribution in [1.29, 1.82) is 0 Å². The average molecular weight is 461 g/mol. The van der Waals surface area contributed by atoms with E-state index in [0.717, 1.165) is 14.8 Å². The van der Waals surface area contributed by atoms with Crippen LogP contribution in [0.3, 0.4) is 0 Å². The average Bonchev–Trinajstić information content (AvgIpc) is 2.84. The molecule has 3 aromatic carbocycles. The van der Waals surface area contributed by atoms with Gasteiger partial charge in [-0.2, -0.15) is 9.78 Å². The van der Waals surface area contributed by atoms with Crippen molar-refractivity contribution in [1.82, 2.24) is 19.2 Å². The van der Waals surface area contributed by atoms with E-state index in [1.807, 2.05) is 30.3 Å². The number of para-hydroxylation sites is 1. The molecular weight excluding hydrogens is 440 g/mol. The van der Waals surface area contributed by atoms with Crippen molar-refractivity contribution in [3.63, 3.8) is 0 Å². The topological polar surface area (TPSA) is 77.2 Å². The minimum absolute atomic E-state index is 0.0879. The number of hydrogen-bond acceptors (Lipinski definition) is 4. The van der Waals surface area contributed by atoms with Crippen LogP contribution in [0.5, 0.6) is 0 Å². The molecule has 166 valence electrons. The van der Waals surface area contributed by atoms with Gasteiger partial charge in [0, 0.05) is 18.6 Å². The van der Waals surface area contributed by atoms with Gasteiger partial charge in [0.15, 0.2) is 0 Å². The molecule has 7 nitrogen and oxygen atoms in total. The third-order valence-corrected chi connectivity index (χ3v) is 5.53. The first-order valence-corrected chi connectivity index (χ1v) is 10.7. The molecule has 0 N–H and O–H groups in total. The first-order valence-electron chi connectivity index (χ1n) is 10.3. The highest BCUT2D eigenvalue weighted by Gasteiger charge is 2.23. The van der Waals surface area contributed by atoms with Crippen molar-refractivity contribution in [3.05, 3.63) is 128 Å². The van der Waals surface area contributed by atoms with Gasteiger partial charge in [0.05, 0.1) is 12.2 Å². The Morgan fingerprint density at radius 3 is 2.18 bits per heavy atom. The van der Waals surface area contributed by atoms with Crippen LogP contribution in [-0.4, -0.2) is 32.2 Å². The summed E-state index contributed by atoms with van der Waals surface area (Å²) in [7, 11) is 1.59. The smallest absolute Gasteiger partial charge is 0.336 e. The van der Waals surface area contributed by atoms with Crippen molar-refractivity contribution in [3.8, 4) is 5.69 Å². The lowest BCUT2D eigenvalue weighted by Gasteiger charge is -2.18. The number of halogens is 1. The molecule has 0 atom stereocenters. The number of hydrogen-bond donors (Lipinski definition) is 0. The first kappa shape index (κ1) is 22.2. The molecule has 1 heterocycles. The number of rotatable bonds is 6. The Balaban J connectivity index is 1.82. The lowest BCUT2D eigenvalue weighted by molar-refractivity contribution is 0.0773. The highest BCUT2D eigenvalue weighted by atomic mass is 35.5. The molecule has 4 aromatic rings. The number of amides is 1. The minimum atomic E-state index is -0.767. The summed E-state index contributed by atoms with van der Waals surface area (Å²) >= 11 is 6.26. The predicted molar refractivity (Wildman–Crippen MR) is 127 cm³/mol. The van der Waals surface area contributed by atoms with E-state index in [1.165, 1.54) is 4.90 Å². The summed E-state index contributed by atoms with van der Waals surface area (Å²) < 4.78 is 2.06. The third kappa shape index (κ3) is 4.78. The van der Waals surface area contributed by atoms with E-state index in [1.54, 1.807) is 61.6 Å². The maximum atomic E-state index is 13.3. The SMILES string of the molecule is CN(Cc1ccccc1)C(=O)c1nn(-c2ccccc2)c(=O)n(Cc2ccccc2Cl)c1=O. The van der Waals surface area contributed by atoms with Crippen molar-refractivity contribution >= 4 is 17.5 Å². The number of carbonyl (C=O) groups excluding carboxylic acids is 1. The summed E-state index contributed by atoms with van der Waals surface area (Å²) in [4.78, 5) is 41.2. The molecular formula is C25H21ClN4O3. The van der Waals surface area contributed by atoms with Gasteiger partial charge in [-0.1, -0.05) is 78.3 Å². The summed E-state index contributed by atoms with van der Waals surface area (Å²) in [6.07, 6.45) is 0. The molecule has 8 heteroatoms. The monoisotopic (exact) mass is 460 g/mol. The highest BCUT2D eigenvalue weighted by molar-refractivity contribution is 6.31. The zero-order chi connectivity index (χ0) is 23.4. The van der Waals surface area contributed by atoms with Gasteiger partial charge in [0.25, 0.3) is 11.5 Å². The Morgan fingerprint density at radius 2 is 1.52 bits per heavy atom. The normalized spacial score (nSPS) is 10.7. The Bertz CT molecular complexity index is 1400. The molecule has 0 saturated carbocycles. The van der Waals surface area contributed by atoms with Crippen LogP contribution in [0.1, 0.15) is 21.6 Å². The van der Waals surface area contributed by atoms with Gasteiger partial charge in [-0.05, 0) is 29.3 Å². The largest absolute Gasteiger partial charge is 0.352 e. The highest BCUT2D eigenvalue weighted by Crippen LogP contribution is 2.15. The molecule has 0 aliphatic heterocycles. The second kappa shape index (κ2) is 9.67. The van der Waals surface area contributed by atoms with E-state index >= 15 is 0 Å². The lowest BCUT2D eigenvalue weighted by Crippen LogP contribution is -2.46. The van der Waals surface area contributed by atoms with Gasteiger partial charge in [-0.25, -0.2) is 4.79 Å². The van der Waals surface area contributed by atoms with E-state index in [-0.39, 0.29) is 18.8 Å². The Morgan fingerprint density at radius 1 is 0.909 bits per heavy atom. The molecule has 0 saturated heterocycles. The summed E-state index contributed by atoms with van der Waals surface area (Å²) in [5, 5.41) is 4.59. The standard InChI is InChI=1S/C25H21ClN4O3/c1-28(16-18-10-4-2-5-11-18)23(31)22-24(32)29(17-19-12-8-9-15-21(19)26)25(33)30(27-22)20-13-6-3-7-14-20/h2-15H,16-17H2,1H3. The summed E-state index contributed by atoms with van der Waals surface area (Å²) in [5.41, 5.74) is 0.158. The quantitative estimate of drug-likeness (QED) is 0.442. The van der Waals surface area contributed by atoms with E-state index in [4.69, 9.17) is 11.6 Å². The fourth-order valence-corrected chi connectivity index (χ4v) is 3.63. The minimum Gasteiger partial charge on any atom is -0.336 e. The van der Waals surface area contributed by atoms with Crippen molar-refractivity contribution in [2.75, 3.05) is 7.05 Å². The maximum absolute atomic E-state index is 13.3. The number of carbonyl (C=O) groups is 1. The van der Waals surface area contributed by atoms with Crippen LogP contribution in [0.25, 0.3) is 5.69 Å². The van der Waals surface area contributed by atoms with Crippen molar-refractivity contribution < 1.29 is 4.79 Å². The van der Waals surface area contributed by atoms with Gasteiger partial charge < -0.3 is 4.90 Å². The van der Waals surface area contributed by atoms with Crippen LogP contribution in [0.15, 0.2) is 94.5 Å². The summed E-state index contributed by atoms with van der Waals surface area (Å²) in [6, 6.07) is 25.0. The van der Waals surface area contributed by atoms with E-state index < -0.39 is 17.2 Å². The molecule has 1 amide bonds. The predicted octanol–water partition coefficient (Wildman–Crippen LogP) is 3.37. The van der Waals surface area contributed by atoms with E-state index in [9.17, 15) is 14.4 Å². The van der Waals surface area contributed by atoms with Crippen LogP contribution in [-0.2, 0) is 13.1 Å². The van der Waals surface area contributed by atoms with E-state index in [2.05, 4.69) is 5.10 Å². The zero-order valence-corrected chi connectivity index (χ0v) is 18.6. The van der Waals surface area contributed by atoms with E-state index in [0.29, 0.717) is 16.3 Å². The molecule has 0 aliphatic carbocycles. The second-order valence-corrected chi connectivity index (χ2v) is 7.92. The number of aromatic nitrogens is 3. The molecule has 1 aromatic heterocycles. The van der Waals surface area contributed by atoms with Crippen molar-refractivity contribution in [2.45, 2.75) is 13.1 Å². The molecule has 0 bridgehead atoms. The third-order valence-electron chi connectivity index (χ3n) is 5.16. The van der Waals surface area contributed by atoms with Gasteiger partial charge in [0.2, 0.25) is 5.69 Å². The molecule has 33 heavy (non-hydrogen) atoms. The second-order valence-electron chi connectivity index (χ2n) is 7.51.